The molecule has 0 radical (unpaired) electrons. The molecule has 6 heteroatoms. The second-order valence-corrected chi connectivity index (χ2v) is 7.95. The molecule has 1 aromatic carbocycles. The van der Waals surface area contributed by atoms with Gasteiger partial charge in [-0.1, -0.05) is 13.8 Å². The molecule has 0 saturated heterocycles. The lowest BCUT2D eigenvalue weighted by Crippen LogP contribution is -2.28. The van der Waals surface area contributed by atoms with Crippen molar-refractivity contribution in [2.24, 2.45) is 11.8 Å². The van der Waals surface area contributed by atoms with Crippen LogP contribution in [0.5, 0.6) is 5.75 Å². The number of benzene rings is 1. The minimum atomic E-state index is -3.47. The predicted molar refractivity (Wildman–Crippen MR) is 83.7 cm³/mol. The summed E-state index contributed by atoms with van der Waals surface area (Å²) in [5.41, 5.74) is 6.30. The first-order valence-electron chi connectivity index (χ1n) is 7.31. The monoisotopic (exact) mass is 312 g/mol. The van der Waals surface area contributed by atoms with Crippen LogP contribution in [-0.2, 0) is 10.0 Å². The van der Waals surface area contributed by atoms with Crippen molar-refractivity contribution in [1.82, 2.24) is 4.72 Å². The zero-order valence-electron chi connectivity index (χ0n) is 12.8. The van der Waals surface area contributed by atoms with E-state index in [4.69, 9.17) is 10.5 Å². The molecule has 2 unspecified atom stereocenters. The first-order valence-corrected chi connectivity index (χ1v) is 8.80. The molecule has 0 amide bonds. The average Bonchev–Trinajstić information content (AvgIpc) is 2.40. The maximum atomic E-state index is 11.7. The first kappa shape index (κ1) is 16.1. The number of sulfonamides is 1. The molecule has 21 heavy (non-hydrogen) atoms. The Morgan fingerprint density at radius 3 is 2.33 bits per heavy atom. The molecule has 0 aromatic heterocycles. The van der Waals surface area contributed by atoms with E-state index in [2.05, 4.69) is 18.6 Å². The largest absolute Gasteiger partial charge is 0.488 e. The van der Waals surface area contributed by atoms with E-state index in [0.717, 1.165) is 12.8 Å². The molecule has 2 rings (SSSR count). The fourth-order valence-corrected chi connectivity index (χ4v) is 3.83. The zero-order chi connectivity index (χ0) is 15.6. The Bertz CT molecular complexity index is 591. The second kappa shape index (κ2) is 6.23. The number of rotatable bonds is 4. The molecule has 5 nitrogen and oxygen atoms in total. The highest BCUT2D eigenvalue weighted by Gasteiger charge is 2.26. The van der Waals surface area contributed by atoms with Gasteiger partial charge in [-0.05, 0) is 56.3 Å². The Balaban J connectivity index is 2.15. The summed E-state index contributed by atoms with van der Waals surface area (Å²) in [6, 6.07) is 4.60. The van der Waals surface area contributed by atoms with Gasteiger partial charge in [0.2, 0.25) is 10.0 Å². The van der Waals surface area contributed by atoms with Crippen LogP contribution in [0.3, 0.4) is 0 Å². The van der Waals surface area contributed by atoms with Crippen LogP contribution in [0.25, 0.3) is 0 Å². The van der Waals surface area contributed by atoms with Gasteiger partial charge in [-0.15, -0.1) is 0 Å². The van der Waals surface area contributed by atoms with Crippen molar-refractivity contribution in [3.63, 3.8) is 0 Å². The number of nitrogens with one attached hydrogen (secondary N) is 1. The van der Waals surface area contributed by atoms with Crippen LogP contribution < -0.4 is 15.2 Å². The molecule has 1 aromatic rings. The smallest absolute Gasteiger partial charge is 0.240 e. The van der Waals surface area contributed by atoms with Gasteiger partial charge in [0, 0.05) is 0 Å². The number of hydrogen-bond acceptors (Lipinski definition) is 4. The van der Waals surface area contributed by atoms with E-state index in [1.54, 1.807) is 6.07 Å². The molecule has 1 aliphatic rings. The summed E-state index contributed by atoms with van der Waals surface area (Å²) in [5, 5.41) is 0. The maximum Gasteiger partial charge on any atom is 0.240 e. The Kier molecular flexibility index (Phi) is 4.78. The summed E-state index contributed by atoms with van der Waals surface area (Å²) in [6.07, 6.45) is 3.41. The lowest BCUT2D eigenvalue weighted by atomic mass is 9.82. The number of hydrogen-bond donors (Lipinski definition) is 2. The lowest BCUT2D eigenvalue weighted by Gasteiger charge is -2.32. The molecule has 0 aliphatic heterocycles. The molecule has 2 atom stereocenters. The van der Waals surface area contributed by atoms with E-state index >= 15 is 0 Å². The van der Waals surface area contributed by atoms with Crippen molar-refractivity contribution in [2.75, 3.05) is 12.8 Å². The fraction of sp³-hybridized carbons (Fsp3) is 0.600. The molecule has 118 valence electrons. The van der Waals surface area contributed by atoms with Crippen LogP contribution in [0.2, 0.25) is 0 Å². The third-order valence-electron chi connectivity index (χ3n) is 3.99. The number of nitrogen functional groups attached to an aromatic ring is 1. The van der Waals surface area contributed by atoms with Gasteiger partial charge >= 0.3 is 0 Å². The van der Waals surface area contributed by atoms with Crippen molar-refractivity contribution in [1.29, 1.82) is 0 Å². The third kappa shape index (κ3) is 3.89. The van der Waals surface area contributed by atoms with Crippen molar-refractivity contribution in [2.45, 2.75) is 44.1 Å². The van der Waals surface area contributed by atoms with Crippen molar-refractivity contribution in [3.8, 4) is 5.75 Å². The van der Waals surface area contributed by atoms with E-state index < -0.39 is 10.0 Å². The van der Waals surface area contributed by atoms with Gasteiger partial charge in [0.05, 0.1) is 16.7 Å². The third-order valence-corrected chi connectivity index (χ3v) is 5.40. The van der Waals surface area contributed by atoms with Crippen LogP contribution in [-0.4, -0.2) is 21.6 Å². The van der Waals surface area contributed by atoms with E-state index in [-0.39, 0.29) is 11.0 Å². The highest BCUT2D eigenvalue weighted by atomic mass is 32.2. The number of anilines is 1. The predicted octanol–water partition coefficient (Wildman–Crippen LogP) is 2.38. The minimum absolute atomic E-state index is 0.151. The number of ether oxygens (including phenoxy) is 1. The minimum Gasteiger partial charge on any atom is -0.488 e. The zero-order valence-corrected chi connectivity index (χ0v) is 13.6. The van der Waals surface area contributed by atoms with Crippen LogP contribution in [0.1, 0.15) is 33.1 Å². The molecule has 0 bridgehead atoms. The quantitative estimate of drug-likeness (QED) is 0.836. The molecule has 1 saturated carbocycles. The Hall–Kier alpha value is -1.27. The molecule has 1 aliphatic carbocycles. The Morgan fingerprint density at radius 2 is 1.81 bits per heavy atom. The summed E-state index contributed by atoms with van der Waals surface area (Å²) in [6.45, 7) is 4.47. The van der Waals surface area contributed by atoms with Crippen molar-refractivity contribution < 1.29 is 13.2 Å². The summed E-state index contributed by atoms with van der Waals surface area (Å²) >= 11 is 0. The van der Waals surface area contributed by atoms with Crippen LogP contribution in [0, 0.1) is 11.8 Å². The van der Waals surface area contributed by atoms with Gasteiger partial charge in [-0.3, -0.25) is 0 Å². The molecule has 0 spiro atoms. The molecular formula is C15H24N2O3S. The highest BCUT2D eigenvalue weighted by Crippen LogP contribution is 2.33. The second-order valence-electron chi connectivity index (χ2n) is 6.06. The fourth-order valence-electron chi connectivity index (χ4n) is 3.07. The van der Waals surface area contributed by atoms with E-state index in [9.17, 15) is 8.42 Å². The van der Waals surface area contributed by atoms with E-state index in [1.165, 1.54) is 25.6 Å². The Morgan fingerprint density at radius 1 is 1.19 bits per heavy atom. The van der Waals surface area contributed by atoms with Gasteiger partial charge in [0.25, 0.3) is 0 Å². The van der Waals surface area contributed by atoms with Gasteiger partial charge in [-0.25, -0.2) is 13.1 Å². The normalized spacial score (nSPS) is 26.5. The summed E-state index contributed by atoms with van der Waals surface area (Å²) < 4.78 is 31.7. The van der Waals surface area contributed by atoms with Gasteiger partial charge in [0.1, 0.15) is 5.75 Å². The molecule has 3 N–H and O–H groups in total. The molecule has 0 heterocycles. The standard InChI is InChI=1S/C15H24N2O3S/c1-10-6-11(2)8-12(7-10)20-15-5-4-13(9-14(15)16)21(18,19)17-3/h4-5,9-12,17H,6-8,16H2,1-3H3. The summed E-state index contributed by atoms with van der Waals surface area (Å²) in [4.78, 5) is 0.153. The maximum absolute atomic E-state index is 11.7. The highest BCUT2D eigenvalue weighted by molar-refractivity contribution is 7.89. The lowest BCUT2D eigenvalue weighted by molar-refractivity contribution is 0.102. The van der Waals surface area contributed by atoms with Crippen molar-refractivity contribution >= 4 is 15.7 Å². The van der Waals surface area contributed by atoms with Crippen molar-refractivity contribution in [3.05, 3.63) is 18.2 Å². The molecular weight excluding hydrogens is 288 g/mol. The van der Waals surface area contributed by atoms with Crippen LogP contribution in [0.15, 0.2) is 23.1 Å². The van der Waals surface area contributed by atoms with Crippen LogP contribution in [0.4, 0.5) is 5.69 Å². The topological polar surface area (TPSA) is 81.4 Å². The SMILES string of the molecule is CNS(=O)(=O)c1ccc(OC2CC(C)CC(C)C2)c(N)c1. The van der Waals surface area contributed by atoms with Crippen LogP contribution >= 0.6 is 0 Å². The first-order chi connectivity index (χ1) is 9.81. The van der Waals surface area contributed by atoms with E-state index in [1.807, 2.05) is 0 Å². The van der Waals surface area contributed by atoms with Gasteiger partial charge < -0.3 is 10.5 Å². The van der Waals surface area contributed by atoms with Gasteiger partial charge in [0.15, 0.2) is 0 Å². The number of nitrogens with two attached hydrogens (primary N) is 1. The average molecular weight is 312 g/mol. The van der Waals surface area contributed by atoms with Gasteiger partial charge in [-0.2, -0.15) is 0 Å². The van der Waals surface area contributed by atoms with E-state index in [0.29, 0.717) is 23.3 Å². The summed E-state index contributed by atoms with van der Waals surface area (Å²) in [7, 11) is -2.10. The Labute approximate surface area is 126 Å². The summed E-state index contributed by atoms with van der Waals surface area (Å²) in [5.74, 6) is 1.85. The molecule has 1 fully saturated rings.